The zero-order valence-corrected chi connectivity index (χ0v) is 12.3. The predicted molar refractivity (Wildman–Crippen MR) is 79.7 cm³/mol. The molecule has 1 rings (SSSR count). The van der Waals surface area contributed by atoms with Crippen LogP contribution >= 0.6 is 0 Å². The van der Waals surface area contributed by atoms with Crippen LogP contribution in [0.2, 0.25) is 0 Å². The minimum Gasteiger partial charge on any atom is -0.349 e. The van der Waals surface area contributed by atoms with Crippen LogP contribution in [0.15, 0.2) is 30.3 Å². The highest BCUT2D eigenvalue weighted by Gasteiger charge is 2.34. The van der Waals surface area contributed by atoms with E-state index in [-0.39, 0.29) is 11.9 Å². The number of carbonyl (C=O) groups is 1. The molecule has 3 nitrogen and oxygen atoms in total. The van der Waals surface area contributed by atoms with Crippen LogP contribution in [0.5, 0.6) is 0 Å². The second kappa shape index (κ2) is 7.29. The summed E-state index contributed by atoms with van der Waals surface area (Å²) in [5.74, 6) is 0.0794. The molecule has 0 saturated heterocycles. The van der Waals surface area contributed by atoms with E-state index in [1.165, 1.54) is 0 Å². The number of amides is 1. The molecule has 0 aliphatic rings. The zero-order chi connectivity index (χ0) is 14.3. The van der Waals surface area contributed by atoms with Crippen molar-refractivity contribution in [2.24, 2.45) is 11.1 Å². The third kappa shape index (κ3) is 3.57. The average Bonchev–Trinajstić information content (AvgIpc) is 2.48. The lowest BCUT2D eigenvalue weighted by atomic mass is 9.81. The quantitative estimate of drug-likeness (QED) is 0.793. The predicted octanol–water partition coefficient (Wildman–Crippen LogP) is 3.02. The van der Waals surface area contributed by atoms with Crippen LogP contribution in [0.25, 0.3) is 0 Å². The van der Waals surface area contributed by atoms with Crippen molar-refractivity contribution < 1.29 is 4.79 Å². The highest BCUT2D eigenvalue weighted by Crippen LogP contribution is 2.27. The third-order valence-corrected chi connectivity index (χ3v) is 4.14. The zero-order valence-electron chi connectivity index (χ0n) is 12.3. The molecule has 0 spiro atoms. The van der Waals surface area contributed by atoms with Crippen molar-refractivity contribution in [3.05, 3.63) is 35.9 Å². The lowest BCUT2D eigenvalue weighted by Gasteiger charge is -2.31. The molecule has 1 unspecified atom stereocenters. The van der Waals surface area contributed by atoms with Gasteiger partial charge in [-0.25, -0.2) is 0 Å². The minimum atomic E-state index is -0.428. The van der Waals surface area contributed by atoms with Gasteiger partial charge in [-0.1, -0.05) is 51.1 Å². The van der Waals surface area contributed by atoms with Crippen LogP contribution in [0.4, 0.5) is 0 Å². The fourth-order valence-corrected chi connectivity index (χ4v) is 2.37. The fraction of sp³-hybridized carbons (Fsp3) is 0.562. The normalized spacial score (nSPS) is 13.1. The molecule has 1 aromatic carbocycles. The Morgan fingerprint density at radius 3 is 2.21 bits per heavy atom. The van der Waals surface area contributed by atoms with Crippen molar-refractivity contribution in [2.75, 3.05) is 6.54 Å². The Kier molecular flexibility index (Phi) is 6.03. The fourth-order valence-electron chi connectivity index (χ4n) is 2.37. The third-order valence-electron chi connectivity index (χ3n) is 4.14. The highest BCUT2D eigenvalue weighted by molar-refractivity contribution is 5.83. The summed E-state index contributed by atoms with van der Waals surface area (Å²) in [6.07, 6.45) is 2.43. The first kappa shape index (κ1) is 15.7. The van der Waals surface area contributed by atoms with Crippen LogP contribution in [0.1, 0.15) is 51.6 Å². The van der Waals surface area contributed by atoms with Crippen molar-refractivity contribution in [3.8, 4) is 0 Å². The van der Waals surface area contributed by atoms with Crippen LogP contribution < -0.4 is 11.1 Å². The van der Waals surface area contributed by atoms with E-state index in [0.29, 0.717) is 6.54 Å². The van der Waals surface area contributed by atoms with Crippen molar-refractivity contribution in [2.45, 2.75) is 46.1 Å². The van der Waals surface area contributed by atoms with Gasteiger partial charge in [-0.15, -0.1) is 0 Å². The number of hydrogen-bond acceptors (Lipinski definition) is 2. The van der Waals surface area contributed by atoms with Crippen LogP contribution in [-0.2, 0) is 4.79 Å². The molecule has 0 heterocycles. The molecule has 0 bridgehead atoms. The number of hydrogen-bond donors (Lipinski definition) is 2. The summed E-state index contributed by atoms with van der Waals surface area (Å²) in [4.78, 5) is 12.5. The molecule has 0 aliphatic heterocycles. The lowest BCUT2D eigenvalue weighted by Crippen LogP contribution is -2.46. The smallest absolute Gasteiger partial charge is 0.227 e. The molecule has 1 amide bonds. The van der Waals surface area contributed by atoms with E-state index in [2.05, 4.69) is 24.4 Å². The monoisotopic (exact) mass is 262 g/mol. The van der Waals surface area contributed by atoms with E-state index in [1.807, 2.05) is 32.0 Å². The number of nitrogens with one attached hydrogen (secondary N) is 1. The maximum Gasteiger partial charge on any atom is 0.227 e. The lowest BCUT2D eigenvalue weighted by molar-refractivity contribution is -0.131. The number of rotatable bonds is 7. The second-order valence-corrected chi connectivity index (χ2v) is 5.04. The molecule has 0 radical (unpaired) electrons. The maximum atomic E-state index is 12.5. The standard InChI is InChI=1S/C16H26N2O/c1-4-14(13-10-8-7-9-11-13)18-15(19)16(5-2,6-3)12-17/h7-11,14H,4-6,12,17H2,1-3H3,(H,18,19). The van der Waals surface area contributed by atoms with E-state index < -0.39 is 5.41 Å². The minimum absolute atomic E-state index is 0.0673. The van der Waals surface area contributed by atoms with Gasteiger partial charge in [0.25, 0.3) is 0 Å². The van der Waals surface area contributed by atoms with Crippen molar-refractivity contribution in [1.82, 2.24) is 5.32 Å². The van der Waals surface area contributed by atoms with Gasteiger partial charge >= 0.3 is 0 Å². The van der Waals surface area contributed by atoms with Crippen LogP contribution in [0, 0.1) is 5.41 Å². The van der Waals surface area contributed by atoms with Crippen molar-refractivity contribution in [1.29, 1.82) is 0 Å². The summed E-state index contributed by atoms with van der Waals surface area (Å²) < 4.78 is 0. The Morgan fingerprint density at radius 1 is 1.21 bits per heavy atom. The highest BCUT2D eigenvalue weighted by atomic mass is 16.2. The second-order valence-electron chi connectivity index (χ2n) is 5.04. The molecular weight excluding hydrogens is 236 g/mol. The van der Waals surface area contributed by atoms with Gasteiger partial charge in [0, 0.05) is 6.54 Å². The molecule has 0 fully saturated rings. The van der Waals surface area contributed by atoms with Gasteiger partial charge in [-0.3, -0.25) is 4.79 Å². The molecule has 0 saturated carbocycles. The largest absolute Gasteiger partial charge is 0.349 e. The summed E-state index contributed by atoms with van der Waals surface area (Å²) in [6.45, 7) is 6.54. The van der Waals surface area contributed by atoms with Crippen LogP contribution in [0.3, 0.4) is 0 Å². The van der Waals surface area contributed by atoms with Crippen molar-refractivity contribution in [3.63, 3.8) is 0 Å². The summed E-state index contributed by atoms with van der Waals surface area (Å²) in [7, 11) is 0. The molecule has 0 aromatic heterocycles. The molecule has 0 aliphatic carbocycles. The van der Waals surface area contributed by atoms with E-state index in [4.69, 9.17) is 5.73 Å². The average molecular weight is 262 g/mol. The van der Waals surface area contributed by atoms with Gasteiger partial charge in [-0.2, -0.15) is 0 Å². The van der Waals surface area contributed by atoms with E-state index >= 15 is 0 Å². The topological polar surface area (TPSA) is 55.1 Å². The summed E-state index contributed by atoms with van der Waals surface area (Å²) in [6, 6.07) is 10.2. The molecule has 106 valence electrons. The Hall–Kier alpha value is -1.35. The van der Waals surface area contributed by atoms with Gasteiger partial charge < -0.3 is 11.1 Å². The Morgan fingerprint density at radius 2 is 1.79 bits per heavy atom. The van der Waals surface area contributed by atoms with Gasteiger partial charge in [-0.05, 0) is 24.8 Å². The molecule has 3 heteroatoms. The summed E-state index contributed by atoms with van der Waals surface area (Å²) in [5.41, 5.74) is 6.55. The molecule has 1 atom stereocenters. The number of nitrogens with two attached hydrogens (primary N) is 1. The Balaban J connectivity index is 2.84. The molecule has 1 aromatic rings. The number of carbonyl (C=O) groups excluding carboxylic acids is 1. The summed E-state index contributed by atoms with van der Waals surface area (Å²) in [5, 5.41) is 3.16. The van der Waals surface area contributed by atoms with E-state index in [1.54, 1.807) is 0 Å². The first-order valence-corrected chi connectivity index (χ1v) is 7.19. The van der Waals surface area contributed by atoms with Crippen LogP contribution in [-0.4, -0.2) is 12.5 Å². The Bertz CT molecular complexity index is 377. The summed E-state index contributed by atoms with van der Waals surface area (Å²) >= 11 is 0. The van der Waals surface area contributed by atoms with Gasteiger partial charge in [0.05, 0.1) is 11.5 Å². The van der Waals surface area contributed by atoms with E-state index in [0.717, 1.165) is 24.8 Å². The van der Waals surface area contributed by atoms with Gasteiger partial charge in [0.15, 0.2) is 0 Å². The SMILES string of the molecule is CCC(NC(=O)C(CC)(CC)CN)c1ccccc1. The molecule has 3 N–H and O–H groups in total. The number of benzene rings is 1. The first-order chi connectivity index (χ1) is 9.13. The van der Waals surface area contributed by atoms with Gasteiger partial charge in [0.1, 0.15) is 0 Å². The van der Waals surface area contributed by atoms with Gasteiger partial charge in [0.2, 0.25) is 5.91 Å². The van der Waals surface area contributed by atoms with Crippen molar-refractivity contribution >= 4 is 5.91 Å². The Labute approximate surface area is 116 Å². The maximum absolute atomic E-state index is 12.5. The first-order valence-electron chi connectivity index (χ1n) is 7.19. The molecule has 19 heavy (non-hydrogen) atoms. The molecular formula is C16H26N2O. The van der Waals surface area contributed by atoms with E-state index in [9.17, 15) is 4.79 Å².